The molecule has 3 aromatic rings. The van der Waals surface area contributed by atoms with E-state index in [1.807, 2.05) is 0 Å². The summed E-state index contributed by atoms with van der Waals surface area (Å²) in [5.41, 5.74) is 0.552. The fourth-order valence-corrected chi connectivity index (χ4v) is 5.70. The molecule has 2 heterocycles. The van der Waals surface area contributed by atoms with Gasteiger partial charge in [0.1, 0.15) is 0 Å². The van der Waals surface area contributed by atoms with Crippen LogP contribution in [-0.4, -0.2) is 64.2 Å². The predicted octanol–water partition coefficient (Wildman–Crippen LogP) is 4.99. The quantitative estimate of drug-likeness (QED) is 0.163. The number of benzene rings is 2. The van der Waals surface area contributed by atoms with E-state index in [9.17, 15) is 24.3 Å². The molecule has 236 valence electrons. The number of aromatic hydroxyl groups is 1. The third kappa shape index (κ3) is 6.85. The number of nitrogens with zero attached hydrogens (tertiary/aromatic N) is 1. The average Bonchev–Trinajstić information content (AvgIpc) is 3.60. The Hall–Kier alpha value is -4.46. The van der Waals surface area contributed by atoms with Gasteiger partial charge in [-0.3, -0.25) is 19.2 Å². The van der Waals surface area contributed by atoms with Gasteiger partial charge < -0.3 is 34.4 Å². The van der Waals surface area contributed by atoms with Crippen molar-refractivity contribution in [3.05, 3.63) is 45.8 Å². The summed E-state index contributed by atoms with van der Waals surface area (Å²) in [5, 5.41) is 28.6. The largest absolute Gasteiger partial charge is 0.504 e. The van der Waals surface area contributed by atoms with Crippen LogP contribution in [0.25, 0.3) is 10.1 Å². The SMILES string of the molecule is COc1cc2sc(C(=O)CC(C)C(=O)O)cc2c(F)c1OCCCOc1c(O)cc2c(c1F)CN(C(=O)CC(C)C(=O)O)C2. The number of carbonyl (C=O) groups excluding carboxylic acids is 2. The number of phenolic OH excluding ortho intramolecular Hbond substituents is 1. The number of hydrogen-bond donors (Lipinski definition) is 3. The van der Waals surface area contributed by atoms with Gasteiger partial charge in [0, 0.05) is 54.1 Å². The standard InChI is InChI=1S/C30H31F2NO10S/c1-14(29(37)38)7-19(34)23-10-17-22(44-23)11-21(41-3)28(25(17)31)43-6-4-5-42-27-20(35)9-16-12-33(13-18(16)26(27)32)24(36)8-15(2)30(39)40/h9-11,14-15,35H,4-8,12-13H2,1-3H3,(H,37,38)(H,39,40). The molecule has 0 spiro atoms. The molecule has 1 amide bonds. The normalized spacial score (nSPS) is 13.8. The molecule has 4 rings (SSSR count). The van der Waals surface area contributed by atoms with Gasteiger partial charge in [-0.25, -0.2) is 8.78 Å². The van der Waals surface area contributed by atoms with E-state index in [1.165, 1.54) is 44.1 Å². The number of fused-ring (bicyclic) bond motifs is 2. The molecular formula is C30H31F2NO10S. The fraction of sp³-hybridized carbons (Fsp3) is 0.400. The van der Waals surface area contributed by atoms with Gasteiger partial charge in [0.2, 0.25) is 5.91 Å². The van der Waals surface area contributed by atoms with E-state index in [2.05, 4.69) is 0 Å². The van der Waals surface area contributed by atoms with Crippen LogP contribution < -0.4 is 14.2 Å². The fourth-order valence-electron chi connectivity index (χ4n) is 4.66. The minimum atomic E-state index is -1.11. The van der Waals surface area contributed by atoms with Crippen molar-refractivity contribution in [2.45, 2.75) is 46.2 Å². The molecule has 11 nitrogen and oxygen atoms in total. The van der Waals surface area contributed by atoms with Gasteiger partial charge in [-0.05, 0) is 17.7 Å². The van der Waals surface area contributed by atoms with Crippen LogP contribution in [0.3, 0.4) is 0 Å². The van der Waals surface area contributed by atoms with E-state index in [4.69, 9.17) is 24.4 Å². The summed E-state index contributed by atoms with van der Waals surface area (Å²) in [6.07, 6.45) is -0.321. The molecule has 0 bridgehead atoms. The number of aliphatic carboxylic acids is 2. The van der Waals surface area contributed by atoms with Crippen LogP contribution in [-0.2, 0) is 27.5 Å². The third-order valence-corrected chi connectivity index (χ3v) is 8.36. The molecule has 0 saturated carbocycles. The molecule has 1 aliphatic rings. The number of amides is 1. The molecule has 2 atom stereocenters. The number of carboxylic acids is 2. The third-order valence-electron chi connectivity index (χ3n) is 7.23. The number of halogens is 2. The smallest absolute Gasteiger partial charge is 0.306 e. The summed E-state index contributed by atoms with van der Waals surface area (Å²) in [4.78, 5) is 48.7. The molecule has 1 aliphatic heterocycles. The number of ether oxygens (including phenoxy) is 3. The number of hydrogen-bond acceptors (Lipinski definition) is 9. The number of methoxy groups -OCH3 is 1. The first kappa shape index (κ1) is 32.5. The van der Waals surface area contributed by atoms with E-state index in [0.29, 0.717) is 10.3 Å². The maximum absolute atomic E-state index is 15.4. The molecule has 0 fully saturated rings. The van der Waals surface area contributed by atoms with Gasteiger partial charge in [0.25, 0.3) is 0 Å². The second kappa shape index (κ2) is 13.5. The van der Waals surface area contributed by atoms with Gasteiger partial charge in [-0.1, -0.05) is 13.8 Å². The summed E-state index contributed by atoms with van der Waals surface area (Å²) in [6, 6.07) is 4.17. The molecule has 0 radical (unpaired) electrons. The average molecular weight is 636 g/mol. The zero-order chi connectivity index (χ0) is 32.3. The highest BCUT2D eigenvalue weighted by Gasteiger charge is 2.31. The number of rotatable bonds is 14. The zero-order valence-corrected chi connectivity index (χ0v) is 25.0. The molecule has 14 heteroatoms. The first-order valence-corrected chi connectivity index (χ1v) is 14.5. The minimum absolute atomic E-state index is 0.0259. The molecule has 3 N–H and O–H groups in total. The second-order valence-electron chi connectivity index (χ2n) is 10.5. The first-order chi connectivity index (χ1) is 20.8. The van der Waals surface area contributed by atoms with Crippen molar-refractivity contribution in [3.63, 3.8) is 0 Å². The van der Waals surface area contributed by atoms with Gasteiger partial charge >= 0.3 is 11.9 Å². The van der Waals surface area contributed by atoms with Gasteiger partial charge in [0.05, 0.1) is 37.0 Å². The number of carbonyl (C=O) groups is 4. The highest BCUT2D eigenvalue weighted by atomic mass is 32.1. The number of carboxylic acid groups (broad SMARTS) is 2. The van der Waals surface area contributed by atoms with E-state index in [-0.39, 0.29) is 72.9 Å². The van der Waals surface area contributed by atoms with Gasteiger partial charge in [-0.15, -0.1) is 11.3 Å². The van der Waals surface area contributed by atoms with Crippen molar-refractivity contribution < 1.29 is 57.5 Å². The van der Waals surface area contributed by atoms with E-state index < -0.39 is 58.6 Å². The molecule has 1 aromatic heterocycles. The topological polar surface area (TPSA) is 160 Å². The van der Waals surface area contributed by atoms with Crippen LogP contribution in [0.2, 0.25) is 0 Å². The lowest BCUT2D eigenvalue weighted by molar-refractivity contribution is -0.145. The molecular weight excluding hydrogens is 604 g/mol. The van der Waals surface area contributed by atoms with Crippen molar-refractivity contribution in [3.8, 4) is 23.0 Å². The van der Waals surface area contributed by atoms with Crippen molar-refractivity contribution in [2.75, 3.05) is 20.3 Å². The molecule has 2 aromatic carbocycles. The Bertz CT molecular complexity index is 1620. The van der Waals surface area contributed by atoms with Crippen LogP contribution in [0, 0.1) is 23.5 Å². The summed E-state index contributed by atoms with van der Waals surface area (Å²) in [6.45, 7) is 2.55. The number of thiophene rings is 1. The van der Waals surface area contributed by atoms with Crippen LogP contribution in [0.1, 0.15) is 53.9 Å². The lowest BCUT2D eigenvalue weighted by Crippen LogP contribution is -2.28. The van der Waals surface area contributed by atoms with Crippen LogP contribution in [0.5, 0.6) is 23.0 Å². The molecule has 0 saturated heterocycles. The lowest BCUT2D eigenvalue weighted by atomic mass is 10.0. The van der Waals surface area contributed by atoms with Crippen molar-refractivity contribution in [1.82, 2.24) is 4.90 Å². The zero-order valence-electron chi connectivity index (χ0n) is 24.1. The molecule has 2 unspecified atom stereocenters. The maximum atomic E-state index is 15.4. The first-order valence-electron chi connectivity index (χ1n) is 13.7. The second-order valence-corrected chi connectivity index (χ2v) is 11.6. The summed E-state index contributed by atoms with van der Waals surface area (Å²) < 4.78 is 47.4. The Morgan fingerprint density at radius 2 is 1.57 bits per heavy atom. The number of ketones is 1. The van der Waals surface area contributed by atoms with Gasteiger partial charge in [0.15, 0.2) is 40.4 Å². The lowest BCUT2D eigenvalue weighted by Gasteiger charge is -2.16. The van der Waals surface area contributed by atoms with E-state index in [0.717, 1.165) is 11.3 Å². The summed E-state index contributed by atoms with van der Waals surface area (Å²) in [5.74, 6) is -7.47. The highest BCUT2D eigenvalue weighted by molar-refractivity contribution is 7.20. The monoisotopic (exact) mass is 635 g/mol. The summed E-state index contributed by atoms with van der Waals surface area (Å²) in [7, 11) is 1.33. The Morgan fingerprint density at radius 1 is 0.932 bits per heavy atom. The summed E-state index contributed by atoms with van der Waals surface area (Å²) >= 11 is 1.01. The van der Waals surface area contributed by atoms with Crippen molar-refractivity contribution in [2.24, 2.45) is 11.8 Å². The predicted molar refractivity (Wildman–Crippen MR) is 153 cm³/mol. The minimum Gasteiger partial charge on any atom is -0.504 e. The maximum Gasteiger partial charge on any atom is 0.306 e. The number of phenols is 1. The van der Waals surface area contributed by atoms with E-state index >= 15 is 8.78 Å². The van der Waals surface area contributed by atoms with Gasteiger partial charge in [-0.2, -0.15) is 0 Å². The van der Waals surface area contributed by atoms with Crippen LogP contribution >= 0.6 is 11.3 Å². The Labute approximate surface area is 254 Å². The Kier molecular flexibility index (Phi) is 9.92. The molecule has 0 aliphatic carbocycles. The van der Waals surface area contributed by atoms with Crippen molar-refractivity contribution in [1.29, 1.82) is 0 Å². The number of Topliss-reactive ketones (excluding diaryl/α,β-unsaturated/α-hetero) is 1. The Morgan fingerprint density at radius 3 is 2.20 bits per heavy atom. The van der Waals surface area contributed by atoms with Crippen LogP contribution in [0.15, 0.2) is 18.2 Å². The highest BCUT2D eigenvalue weighted by Crippen LogP contribution is 2.41. The van der Waals surface area contributed by atoms with Crippen molar-refractivity contribution >= 4 is 45.1 Å². The Balaban J connectivity index is 1.38. The molecule has 44 heavy (non-hydrogen) atoms. The van der Waals surface area contributed by atoms with Crippen LogP contribution in [0.4, 0.5) is 8.78 Å². The van der Waals surface area contributed by atoms with E-state index in [1.54, 1.807) is 0 Å².